The number of anilines is 1. The average Bonchev–Trinajstić information content (AvgIpc) is 2.20. The molecule has 0 bridgehead atoms. The predicted octanol–water partition coefficient (Wildman–Crippen LogP) is 2.86. The van der Waals surface area contributed by atoms with Crippen molar-refractivity contribution in [1.29, 1.82) is 0 Å². The Labute approximate surface area is 93.7 Å². The molecule has 4 heteroatoms. The van der Waals surface area contributed by atoms with Gasteiger partial charge in [-0.1, -0.05) is 18.2 Å². The van der Waals surface area contributed by atoms with Crippen LogP contribution < -0.4 is 10.1 Å². The van der Waals surface area contributed by atoms with Crippen LogP contribution in [0.25, 0.3) is 0 Å². The molecule has 1 amide bonds. The fourth-order valence-electron chi connectivity index (χ4n) is 0.975. The zero-order valence-corrected chi connectivity index (χ0v) is 9.39. The molecule has 0 spiro atoms. The Balaban J connectivity index is 2.87. The van der Waals surface area contributed by atoms with E-state index < -0.39 is 0 Å². The number of rotatable bonds is 3. The minimum absolute atomic E-state index is 0.223. The van der Waals surface area contributed by atoms with E-state index in [0.717, 1.165) is 0 Å². The number of ether oxygens (including phenoxy) is 1. The summed E-state index contributed by atoms with van der Waals surface area (Å²) in [4.78, 5) is 11.3. The molecule has 0 aromatic heterocycles. The van der Waals surface area contributed by atoms with Gasteiger partial charge in [-0.15, -0.1) is 0 Å². The normalized spacial score (nSPS) is 9.53. The summed E-state index contributed by atoms with van der Waals surface area (Å²) in [5.41, 5.74) is 1.08. The summed E-state index contributed by atoms with van der Waals surface area (Å²) in [5, 5.41) is 3.17. The fourth-order valence-corrected chi connectivity index (χ4v) is 1.17. The van der Waals surface area contributed by atoms with E-state index in [4.69, 9.17) is 16.3 Å². The Morgan fingerprint density at radius 1 is 1.53 bits per heavy atom. The van der Waals surface area contributed by atoms with Gasteiger partial charge in [-0.05, 0) is 19.1 Å². The molecule has 0 unspecified atom stereocenters. The van der Waals surface area contributed by atoms with Gasteiger partial charge in [0.1, 0.15) is 5.75 Å². The molecular weight excluding hydrogens is 214 g/mol. The highest BCUT2D eigenvalue weighted by Crippen LogP contribution is 2.27. The summed E-state index contributed by atoms with van der Waals surface area (Å²) >= 11 is 5.84. The van der Waals surface area contributed by atoms with Gasteiger partial charge in [0.2, 0.25) is 0 Å². The third kappa shape index (κ3) is 2.99. The van der Waals surface area contributed by atoms with Crippen molar-refractivity contribution in [3.05, 3.63) is 35.4 Å². The molecule has 80 valence electrons. The quantitative estimate of drug-likeness (QED) is 0.804. The molecule has 1 aromatic carbocycles. The summed E-state index contributed by atoms with van der Waals surface area (Å²) in [5.74, 6) is 0.301. The van der Waals surface area contributed by atoms with E-state index >= 15 is 0 Å². The van der Waals surface area contributed by atoms with Crippen LogP contribution in [0.3, 0.4) is 0 Å². The van der Waals surface area contributed by atoms with Crippen molar-refractivity contribution in [2.24, 2.45) is 0 Å². The third-order valence-electron chi connectivity index (χ3n) is 1.80. The lowest BCUT2D eigenvalue weighted by atomic mass is 10.2. The molecule has 15 heavy (non-hydrogen) atoms. The van der Waals surface area contributed by atoms with E-state index in [9.17, 15) is 4.79 Å². The highest BCUT2D eigenvalue weighted by atomic mass is 35.5. The van der Waals surface area contributed by atoms with Gasteiger partial charge >= 0.3 is 0 Å². The van der Waals surface area contributed by atoms with Crippen LogP contribution in [0.15, 0.2) is 30.4 Å². The van der Waals surface area contributed by atoms with E-state index in [1.54, 1.807) is 25.1 Å². The topological polar surface area (TPSA) is 38.3 Å². The molecule has 0 atom stereocenters. The maximum Gasteiger partial charge on any atom is 0.250 e. The van der Waals surface area contributed by atoms with Gasteiger partial charge in [0, 0.05) is 17.3 Å². The smallest absolute Gasteiger partial charge is 0.250 e. The molecule has 0 heterocycles. The Hall–Kier alpha value is -1.48. The summed E-state index contributed by atoms with van der Waals surface area (Å²) in [6.07, 6.45) is 0. The van der Waals surface area contributed by atoms with Crippen LogP contribution in [0.2, 0.25) is 5.02 Å². The molecule has 0 aliphatic rings. The van der Waals surface area contributed by atoms with Crippen molar-refractivity contribution in [1.82, 2.24) is 0 Å². The molecule has 0 fully saturated rings. The van der Waals surface area contributed by atoms with Gasteiger partial charge in [0.05, 0.1) is 12.1 Å². The zero-order chi connectivity index (χ0) is 11.4. The molecule has 1 aromatic rings. The van der Waals surface area contributed by atoms with Crippen molar-refractivity contribution in [2.75, 3.05) is 12.4 Å². The van der Waals surface area contributed by atoms with E-state index in [2.05, 4.69) is 11.9 Å². The Morgan fingerprint density at radius 2 is 2.20 bits per heavy atom. The van der Waals surface area contributed by atoms with Crippen molar-refractivity contribution in [3.8, 4) is 5.75 Å². The highest BCUT2D eigenvalue weighted by molar-refractivity contribution is 6.32. The van der Waals surface area contributed by atoms with Crippen molar-refractivity contribution < 1.29 is 9.53 Å². The summed E-state index contributed by atoms with van der Waals surface area (Å²) < 4.78 is 5.02. The van der Waals surface area contributed by atoms with Crippen molar-refractivity contribution in [2.45, 2.75) is 6.92 Å². The van der Waals surface area contributed by atoms with Crippen molar-refractivity contribution >= 4 is 23.2 Å². The lowest BCUT2D eigenvalue weighted by molar-refractivity contribution is -0.112. The molecule has 1 rings (SSSR count). The second-order valence-corrected chi connectivity index (χ2v) is 3.49. The van der Waals surface area contributed by atoms with Crippen LogP contribution in [0.1, 0.15) is 6.92 Å². The van der Waals surface area contributed by atoms with Crippen LogP contribution in [0, 0.1) is 0 Å². The maximum absolute atomic E-state index is 11.3. The molecule has 3 nitrogen and oxygen atoms in total. The second-order valence-electron chi connectivity index (χ2n) is 3.08. The van der Waals surface area contributed by atoms with Gasteiger partial charge < -0.3 is 10.1 Å². The highest BCUT2D eigenvalue weighted by Gasteiger charge is 2.05. The first-order chi connectivity index (χ1) is 7.04. The standard InChI is InChI=1S/C11H12ClNO2/c1-7(2)11(14)13-8-4-5-9(12)10(6-8)15-3/h4-6H,1H2,2-3H3,(H,13,14). The Kier molecular flexibility index (Phi) is 3.74. The van der Waals surface area contributed by atoms with Crippen LogP contribution in [0.5, 0.6) is 5.75 Å². The van der Waals surface area contributed by atoms with E-state index in [0.29, 0.717) is 22.0 Å². The lowest BCUT2D eigenvalue weighted by Gasteiger charge is -2.07. The maximum atomic E-state index is 11.3. The number of methoxy groups -OCH3 is 1. The van der Waals surface area contributed by atoms with Gasteiger partial charge in [0.15, 0.2) is 0 Å². The zero-order valence-electron chi connectivity index (χ0n) is 8.63. The van der Waals surface area contributed by atoms with E-state index in [-0.39, 0.29) is 5.91 Å². The minimum atomic E-state index is -0.223. The third-order valence-corrected chi connectivity index (χ3v) is 2.11. The number of amides is 1. The fraction of sp³-hybridized carbons (Fsp3) is 0.182. The summed E-state index contributed by atoms with van der Waals surface area (Å²) in [7, 11) is 1.52. The number of benzene rings is 1. The van der Waals surface area contributed by atoms with Gasteiger partial charge in [0.25, 0.3) is 5.91 Å². The monoisotopic (exact) mass is 225 g/mol. The molecule has 0 radical (unpaired) electrons. The van der Waals surface area contributed by atoms with Crippen LogP contribution >= 0.6 is 11.6 Å². The first-order valence-electron chi connectivity index (χ1n) is 4.35. The molecular formula is C11H12ClNO2. The molecule has 1 N–H and O–H groups in total. The molecule has 0 aliphatic heterocycles. The van der Waals surface area contributed by atoms with Crippen molar-refractivity contribution in [3.63, 3.8) is 0 Å². The lowest BCUT2D eigenvalue weighted by Crippen LogP contribution is -2.11. The first-order valence-corrected chi connectivity index (χ1v) is 4.73. The largest absolute Gasteiger partial charge is 0.495 e. The number of halogens is 1. The second kappa shape index (κ2) is 4.84. The summed E-state index contributed by atoms with van der Waals surface area (Å²) in [6.45, 7) is 5.18. The number of carbonyl (C=O) groups excluding carboxylic acids is 1. The van der Waals surface area contributed by atoms with Crippen LogP contribution in [0.4, 0.5) is 5.69 Å². The average molecular weight is 226 g/mol. The van der Waals surface area contributed by atoms with Gasteiger partial charge in [-0.3, -0.25) is 4.79 Å². The first kappa shape index (κ1) is 11.6. The van der Waals surface area contributed by atoms with Crippen LogP contribution in [-0.2, 0) is 4.79 Å². The van der Waals surface area contributed by atoms with Gasteiger partial charge in [-0.25, -0.2) is 0 Å². The van der Waals surface area contributed by atoms with Gasteiger partial charge in [-0.2, -0.15) is 0 Å². The SMILES string of the molecule is C=C(C)C(=O)Nc1ccc(Cl)c(OC)c1. The molecule has 0 aliphatic carbocycles. The molecule has 0 saturated carbocycles. The predicted molar refractivity (Wildman–Crippen MR) is 61.4 cm³/mol. The number of nitrogens with one attached hydrogen (secondary N) is 1. The van der Waals surface area contributed by atoms with Crippen LogP contribution in [-0.4, -0.2) is 13.0 Å². The number of carbonyl (C=O) groups is 1. The summed E-state index contributed by atoms with van der Waals surface area (Å²) in [6, 6.07) is 5.02. The van der Waals surface area contributed by atoms with E-state index in [1.807, 2.05) is 0 Å². The van der Waals surface area contributed by atoms with E-state index in [1.165, 1.54) is 7.11 Å². The Morgan fingerprint density at radius 3 is 2.73 bits per heavy atom. The minimum Gasteiger partial charge on any atom is -0.495 e. The molecule has 0 saturated heterocycles. The number of hydrogen-bond donors (Lipinski definition) is 1. The number of hydrogen-bond acceptors (Lipinski definition) is 2. The Bertz CT molecular complexity index is 402.